The Bertz CT molecular complexity index is 389. The van der Waals surface area contributed by atoms with Gasteiger partial charge in [0.2, 0.25) is 5.91 Å². The van der Waals surface area contributed by atoms with Crippen LogP contribution in [0.4, 0.5) is 11.5 Å². The summed E-state index contributed by atoms with van der Waals surface area (Å²) in [6.07, 6.45) is 1.32. The average Bonchev–Trinajstić information content (AvgIpc) is 2.29. The molecule has 0 bridgehead atoms. The maximum Gasteiger partial charge on any atom is 0.303 e. The summed E-state index contributed by atoms with van der Waals surface area (Å²) >= 11 is 0. The van der Waals surface area contributed by atoms with Crippen LogP contribution in [0.3, 0.4) is 0 Å². The Labute approximate surface area is 99.1 Å². The van der Waals surface area contributed by atoms with E-state index in [1.165, 1.54) is 6.20 Å². The molecule has 17 heavy (non-hydrogen) atoms. The number of carboxylic acids is 1. The van der Waals surface area contributed by atoms with Crippen molar-refractivity contribution in [1.82, 2.24) is 4.98 Å². The zero-order valence-corrected chi connectivity index (χ0v) is 9.56. The fourth-order valence-corrected chi connectivity index (χ4v) is 1.20. The first kappa shape index (κ1) is 13.0. The molecular weight excluding hydrogens is 222 g/mol. The molecule has 0 aliphatic heterocycles. The molecule has 0 saturated heterocycles. The van der Waals surface area contributed by atoms with E-state index >= 15 is 0 Å². The molecule has 1 amide bonds. The van der Waals surface area contributed by atoms with Crippen molar-refractivity contribution < 1.29 is 14.7 Å². The lowest BCUT2D eigenvalue weighted by atomic mass is 10.3. The number of anilines is 2. The van der Waals surface area contributed by atoms with Gasteiger partial charge in [0, 0.05) is 13.0 Å². The van der Waals surface area contributed by atoms with Crippen LogP contribution in [0.2, 0.25) is 0 Å². The number of carbonyl (C=O) groups is 2. The molecule has 6 heteroatoms. The SMILES string of the molecule is CCNc1ccc(NC(=O)CCC(=O)O)cn1. The van der Waals surface area contributed by atoms with E-state index in [-0.39, 0.29) is 18.7 Å². The molecule has 0 spiro atoms. The van der Waals surface area contributed by atoms with Crippen molar-refractivity contribution in [2.45, 2.75) is 19.8 Å². The van der Waals surface area contributed by atoms with Gasteiger partial charge in [-0.3, -0.25) is 9.59 Å². The lowest BCUT2D eigenvalue weighted by molar-refractivity contribution is -0.138. The highest BCUT2D eigenvalue weighted by Crippen LogP contribution is 2.09. The Hall–Kier alpha value is -2.11. The van der Waals surface area contributed by atoms with Crippen LogP contribution >= 0.6 is 0 Å². The molecule has 0 saturated carbocycles. The van der Waals surface area contributed by atoms with Crippen molar-refractivity contribution in [2.75, 3.05) is 17.2 Å². The Morgan fingerprint density at radius 1 is 1.35 bits per heavy atom. The van der Waals surface area contributed by atoms with Crippen LogP contribution < -0.4 is 10.6 Å². The molecular formula is C11H15N3O3. The first-order valence-electron chi connectivity index (χ1n) is 5.33. The van der Waals surface area contributed by atoms with Gasteiger partial charge in [-0.2, -0.15) is 0 Å². The zero-order valence-electron chi connectivity index (χ0n) is 9.56. The van der Waals surface area contributed by atoms with Crippen molar-refractivity contribution in [3.8, 4) is 0 Å². The van der Waals surface area contributed by atoms with E-state index in [0.717, 1.165) is 12.4 Å². The third-order valence-corrected chi connectivity index (χ3v) is 1.97. The summed E-state index contributed by atoms with van der Waals surface area (Å²) in [4.78, 5) is 25.7. The van der Waals surface area contributed by atoms with Gasteiger partial charge in [0.25, 0.3) is 0 Å². The molecule has 1 aromatic rings. The van der Waals surface area contributed by atoms with Gasteiger partial charge >= 0.3 is 5.97 Å². The molecule has 0 unspecified atom stereocenters. The van der Waals surface area contributed by atoms with E-state index in [4.69, 9.17) is 5.11 Å². The minimum atomic E-state index is -0.985. The Morgan fingerprint density at radius 2 is 2.12 bits per heavy atom. The summed E-state index contributed by atoms with van der Waals surface area (Å²) in [7, 11) is 0. The third kappa shape index (κ3) is 4.96. The van der Waals surface area contributed by atoms with E-state index in [9.17, 15) is 9.59 Å². The van der Waals surface area contributed by atoms with Gasteiger partial charge in [0.05, 0.1) is 18.3 Å². The van der Waals surface area contributed by atoms with E-state index in [2.05, 4.69) is 15.6 Å². The van der Waals surface area contributed by atoms with Gasteiger partial charge in [-0.1, -0.05) is 0 Å². The number of carboxylic acid groups (broad SMARTS) is 1. The molecule has 0 aliphatic carbocycles. The first-order valence-corrected chi connectivity index (χ1v) is 5.33. The van der Waals surface area contributed by atoms with Gasteiger partial charge in [0.15, 0.2) is 0 Å². The van der Waals surface area contributed by atoms with Crippen molar-refractivity contribution in [1.29, 1.82) is 0 Å². The maximum atomic E-state index is 11.3. The fraction of sp³-hybridized carbons (Fsp3) is 0.364. The second-order valence-electron chi connectivity index (χ2n) is 3.40. The lowest BCUT2D eigenvalue weighted by Gasteiger charge is -2.05. The van der Waals surface area contributed by atoms with E-state index in [1.54, 1.807) is 12.1 Å². The van der Waals surface area contributed by atoms with Crippen LogP contribution in [-0.2, 0) is 9.59 Å². The van der Waals surface area contributed by atoms with Gasteiger partial charge in [-0.05, 0) is 19.1 Å². The Balaban J connectivity index is 2.45. The molecule has 3 N–H and O–H groups in total. The van der Waals surface area contributed by atoms with Crippen molar-refractivity contribution >= 4 is 23.4 Å². The fourth-order valence-electron chi connectivity index (χ4n) is 1.20. The summed E-state index contributed by atoms with van der Waals surface area (Å²) in [5, 5.41) is 14.0. The second-order valence-corrected chi connectivity index (χ2v) is 3.40. The van der Waals surface area contributed by atoms with Gasteiger partial charge in [0.1, 0.15) is 5.82 Å². The summed E-state index contributed by atoms with van der Waals surface area (Å²) in [6.45, 7) is 2.74. The number of nitrogens with one attached hydrogen (secondary N) is 2. The predicted molar refractivity (Wildman–Crippen MR) is 63.9 cm³/mol. The van der Waals surface area contributed by atoms with Crippen LogP contribution in [-0.4, -0.2) is 28.5 Å². The normalized spacial score (nSPS) is 9.71. The second kappa shape index (κ2) is 6.47. The minimum Gasteiger partial charge on any atom is -0.481 e. The van der Waals surface area contributed by atoms with Crippen molar-refractivity contribution in [3.63, 3.8) is 0 Å². The largest absolute Gasteiger partial charge is 0.481 e. The van der Waals surface area contributed by atoms with E-state index in [1.807, 2.05) is 6.92 Å². The van der Waals surface area contributed by atoms with Crippen LogP contribution in [0.25, 0.3) is 0 Å². The Morgan fingerprint density at radius 3 is 2.65 bits per heavy atom. The van der Waals surface area contributed by atoms with Gasteiger partial charge in [-0.15, -0.1) is 0 Å². The molecule has 1 aromatic heterocycles. The van der Waals surface area contributed by atoms with Crippen LogP contribution in [0.5, 0.6) is 0 Å². The highest BCUT2D eigenvalue weighted by Gasteiger charge is 2.05. The molecule has 1 rings (SSSR count). The van der Waals surface area contributed by atoms with Crippen molar-refractivity contribution in [2.24, 2.45) is 0 Å². The number of hydrogen-bond donors (Lipinski definition) is 3. The summed E-state index contributed by atoms with van der Waals surface area (Å²) in [5.41, 5.74) is 0.557. The number of carbonyl (C=O) groups excluding carboxylic acids is 1. The molecule has 0 atom stereocenters. The topological polar surface area (TPSA) is 91.3 Å². The van der Waals surface area contributed by atoms with Crippen molar-refractivity contribution in [3.05, 3.63) is 18.3 Å². The number of hydrogen-bond acceptors (Lipinski definition) is 4. The molecule has 1 heterocycles. The van der Waals surface area contributed by atoms with Crippen LogP contribution in [0, 0.1) is 0 Å². The molecule has 92 valence electrons. The summed E-state index contributed by atoms with van der Waals surface area (Å²) in [6, 6.07) is 3.46. The van der Waals surface area contributed by atoms with E-state index in [0.29, 0.717) is 5.69 Å². The number of aliphatic carboxylic acids is 1. The maximum absolute atomic E-state index is 11.3. The first-order chi connectivity index (χ1) is 8.11. The number of rotatable bonds is 6. The van der Waals surface area contributed by atoms with E-state index < -0.39 is 5.97 Å². The quantitative estimate of drug-likeness (QED) is 0.694. The highest BCUT2D eigenvalue weighted by molar-refractivity contribution is 5.92. The Kier molecular flexibility index (Phi) is 4.93. The zero-order chi connectivity index (χ0) is 12.7. The van der Waals surface area contributed by atoms with Crippen LogP contribution in [0.15, 0.2) is 18.3 Å². The summed E-state index contributed by atoms with van der Waals surface area (Å²) in [5.74, 6) is -0.581. The highest BCUT2D eigenvalue weighted by atomic mass is 16.4. The minimum absolute atomic E-state index is 0.0374. The third-order valence-electron chi connectivity index (χ3n) is 1.97. The van der Waals surface area contributed by atoms with Crippen LogP contribution in [0.1, 0.15) is 19.8 Å². The molecule has 6 nitrogen and oxygen atoms in total. The summed E-state index contributed by atoms with van der Waals surface area (Å²) < 4.78 is 0. The number of amides is 1. The molecule has 0 aliphatic rings. The van der Waals surface area contributed by atoms with Gasteiger partial charge < -0.3 is 15.7 Å². The molecule has 0 fully saturated rings. The standard InChI is InChI=1S/C11H15N3O3/c1-2-12-9-4-3-8(7-13-9)14-10(15)5-6-11(16)17/h3-4,7H,2,5-6H2,1H3,(H,12,13)(H,14,15)(H,16,17). The number of nitrogens with zero attached hydrogens (tertiary/aromatic N) is 1. The monoisotopic (exact) mass is 237 g/mol. The average molecular weight is 237 g/mol. The number of pyridine rings is 1. The van der Waals surface area contributed by atoms with Gasteiger partial charge in [-0.25, -0.2) is 4.98 Å². The predicted octanol–water partition coefficient (Wildman–Crippen LogP) is 1.32. The number of aromatic nitrogens is 1. The molecule has 0 radical (unpaired) electrons. The smallest absolute Gasteiger partial charge is 0.303 e. The lowest BCUT2D eigenvalue weighted by Crippen LogP contribution is -2.13. The molecule has 0 aromatic carbocycles.